The molecule has 0 N–H and O–H groups in total. The van der Waals surface area contributed by atoms with E-state index in [1.54, 1.807) is 31.4 Å². The number of rotatable bonds is 2. The summed E-state index contributed by atoms with van der Waals surface area (Å²) in [4.78, 5) is 11.7. The first kappa shape index (κ1) is 11.7. The van der Waals surface area contributed by atoms with E-state index in [4.69, 9.17) is 9.47 Å². The number of Topliss-reactive ketones (excluding diaryl/α,β-unsaturated/α-hetero) is 1. The fourth-order valence-corrected chi connectivity index (χ4v) is 2.14. The second-order valence-electron chi connectivity index (χ2n) is 4.27. The predicted octanol–water partition coefficient (Wildman–Crippen LogP) is 3.08. The monoisotopic (exact) mass is 258 g/mol. The molecule has 1 heterocycles. The van der Waals surface area contributed by atoms with Crippen LogP contribution in [0, 0.1) is 5.82 Å². The van der Waals surface area contributed by atoms with Gasteiger partial charge in [0.2, 0.25) is 5.78 Å². The zero-order chi connectivity index (χ0) is 13.4. The molecule has 0 amide bonds. The minimum atomic E-state index is -0.303. The Balaban J connectivity index is 2.17. The van der Waals surface area contributed by atoms with E-state index in [0.717, 1.165) is 11.1 Å². The van der Waals surface area contributed by atoms with E-state index < -0.39 is 0 Å². The maximum atomic E-state index is 13.0. The van der Waals surface area contributed by atoms with E-state index in [1.165, 1.54) is 12.1 Å². The summed E-state index contributed by atoms with van der Waals surface area (Å²) in [5.74, 6) is 0.775. The van der Waals surface area contributed by atoms with E-state index in [2.05, 4.69) is 0 Å². The number of benzene rings is 2. The molecule has 0 aliphatic carbocycles. The van der Waals surface area contributed by atoms with E-state index in [0.29, 0.717) is 17.1 Å². The molecule has 0 unspecified atom stereocenters. The van der Waals surface area contributed by atoms with Gasteiger partial charge in [-0.3, -0.25) is 4.79 Å². The maximum absolute atomic E-state index is 13.0. The van der Waals surface area contributed by atoms with Crippen LogP contribution >= 0.6 is 0 Å². The van der Waals surface area contributed by atoms with Gasteiger partial charge in [-0.1, -0.05) is 12.1 Å². The molecule has 0 fully saturated rings. The molecule has 4 heteroatoms. The number of hydrogen-bond acceptors (Lipinski definition) is 3. The van der Waals surface area contributed by atoms with E-state index >= 15 is 0 Å². The molecule has 0 aromatic heterocycles. The highest BCUT2D eigenvalue weighted by Crippen LogP contribution is 2.38. The summed E-state index contributed by atoms with van der Waals surface area (Å²) in [6, 6.07) is 9.48. The summed E-state index contributed by atoms with van der Waals surface area (Å²) in [7, 11) is 1.55. The summed E-state index contributed by atoms with van der Waals surface area (Å²) in [5.41, 5.74) is 2.08. The van der Waals surface area contributed by atoms with Gasteiger partial charge in [-0.15, -0.1) is 0 Å². The van der Waals surface area contributed by atoms with Gasteiger partial charge in [0.25, 0.3) is 0 Å². The van der Waals surface area contributed by atoms with E-state index in [1.807, 2.05) is 0 Å². The molecule has 96 valence electrons. The first-order chi connectivity index (χ1) is 9.19. The number of carbonyl (C=O) groups excluding carboxylic acids is 1. The normalized spacial score (nSPS) is 13.1. The summed E-state index contributed by atoms with van der Waals surface area (Å²) < 4.78 is 23.5. The van der Waals surface area contributed by atoms with Crippen molar-refractivity contribution in [1.29, 1.82) is 0 Å². The lowest BCUT2D eigenvalue weighted by molar-refractivity contribution is 0.0961. The van der Waals surface area contributed by atoms with Crippen molar-refractivity contribution in [1.82, 2.24) is 0 Å². The lowest BCUT2D eigenvalue weighted by Gasteiger charge is -2.10. The highest BCUT2D eigenvalue weighted by Gasteiger charge is 2.24. The third-order valence-corrected chi connectivity index (χ3v) is 3.12. The van der Waals surface area contributed by atoms with Gasteiger partial charge in [-0.2, -0.15) is 0 Å². The van der Waals surface area contributed by atoms with Crippen molar-refractivity contribution in [3.63, 3.8) is 0 Å². The molecule has 0 radical (unpaired) electrons. The van der Waals surface area contributed by atoms with Gasteiger partial charge in [-0.25, -0.2) is 4.39 Å². The largest absolute Gasteiger partial charge is 0.496 e. The van der Waals surface area contributed by atoms with Crippen molar-refractivity contribution in [2.45, 2.75) is 0 Å². The van der Waals surface area contributed by atoms with Gasteiger partial charge in [0, 0.05) is 11.6 Å². The van der Waals surface area contributed by atoms with Crippen LogP contribution in [-0.4, -0.2) is 19.5 Å². The molecule has 0 saturated heterocycles. The highest BCUT2D eigenvalue weighted by atomic mass is 19.1. The molecule has 0 atom stereocenters. The molecule has 1 aliphatic rings. The third-order valence-electron chi connectivity index (χ3n) is 3.12. The van der Waals surface area contributed by atoms with Crippen molar-refractivity contribution in [2.75, 3.05) is 13.7 Å². The van der Waals surface area contributed by atoms with Crippen LogP contribution in [0.3, 0.4) is 0 Å². The number of ether oxygens (including phenoxy) is 2. The average Bonchev–Trinajstić information content (AvgIpc) is 2.79. The number of ketones is 1. The fourth-order valence-electron chi connectivity index (χ4n) is 2.14. The molecule has 0 spiro atoms. The van der Waals surface area contributed by atoms with Gasteiger partial charge in [0.15, 0.2) is 6.61 Å². The van der Waals surface area contributed by atoms with Crippen molar-refractivity contribution in [2.24, 2.45) is 0 Å². The number of halogens is 1. The first-order valence-corrected chi connectivity index (χ1v) is 5.83. The Morgan fingerprint density at radius 2 is 1.89 bits per heavy atom. The van der Waals surface area contributed by atoms with Crippen LogP contribution in [0.4, 0.5) is 4.39 Å². The Bertz CT molecular complexity index is 647. The molecule has 19 heavy (non-hydrogen) atoms. The smallest absolute Gasteiger partial charge is 0.203 e. The average molecular weight is 258 g/mol. The molecular weight excluding hydrogens is 247 g/mol. The van der Waals surface area contributed by atoms with Crippen molar-refractivity contribution >= 4 is 5.78 Å². The zero-order valence-electron chi connectivity index (χ0n) is 10.3. The fraction of sp³-hybridized carbons (Fsp3) is 0.133. The van der Waals surface area contributed by atoms with Crippen molar-refractivity contribution in [3.05, 3.63) is 47.8 Å². The topological polar surface area (TPSA) is 35.5 Å². The van der Waals surface area contributed by atoms with Crippen LogP contribution in [0.15, 0.2) is 36.4 Å². The molecule has 2 aromatic rings. The number of fused-ring (bicyclic) bond motifs is 1. The molecule has 2 aromatic carbocycles. The second kappa shape index (κ2) is 4.39. The minimum Gasteiger partial charge on any atom is -0.496 e. The quantitative estimate of drug-likeness (QED) is 0.830. The minimum absolute atomic E-state index is 0.0546. The molecule has 0 saturated carbocycles. The van der Waals surface area contributed by atoms with Crippen LogP contribution in [0.2, 0.25) is 0 Å². The number of methoxy groups -OCH3 is 1. The Morgan fingerprint density at radius 1 is 1.16 bits per heavy atom. The molecule has 1 aliphatic heterocycles. The Labute approximate surface area is 109 Å². The maximum Gasteiger partial charge on any atom is 0.203 e. The summed E-state index contributed by atoms with van der Waals surface area (Å²) in [5, 5.41) is 0. The predicted molar refractivity (Wildman–Crippen MR) is 68.2 cm³/mol. The number of carbonyl (C=O) groups is 1. The van der Waals surface area contributed by atoms with Gasteiger partial charge >= 0.3 is 0 Å². The van der Waals surface area contributed by atoms with Crippen molar-refractivity contribution < 1.29 is 18.7 Å². The van der Waals surface area contributed by atoms with Gasteiger partial charge in [-0.05, 0) is 23.8 Å². The Morgan fingerprint density at radius 3 is 2.58 bits per heavy atom. The van der Waals surface area contributed by atoms with Crippen LogP contribution in [0.25, 0.3) is 11.1 Å². The van der Waals surface area contributed by atoms with E-state index in [9.17, 15) is 9.18 Å². The first-order valence-electron chi connectivity index (χ1n) is 5.83. The van der Waals surface area contributed by atoms with Crippen LogP contribution in [-0.2, 0) is 0 Å². The van der Waals surface area contributed by atoms with Gasteiger partial charge in [0.05, 0.1) is 12.7 Å². The summed E-state index contributed by atoms with van der Waals surface area (Å²) in [6.45, 7) is 0.0609. The zero-order valence-corrected chi connectivity index (χ0v) is 10.3. The van der Waals surface area contributed by atoms with E-state index in [-0.39, 0.29) is 18.2 Å². The highest BCUT2D eigenvalue weighted by molar-refractivity contribution is 6.03. The summed E-state index contributed by atoms with van der Waals surface area (Å²) in [6.07, 6.45) is 0. The van der Waals surface area contributed by atoms with Crippen molar-refractivity contribution in [3.8, 4) is 22.6 Å². The Hall–Kier alpha value is -2.36. The van der Waals surface area contributed by atoms with Crippen LogP contribution < -0.4 is 9.47 Å². The lowest BCUT2D eigenvalue weighted by atomic mass is 10.0. The standard InChI is InChI=1S/C15H11FO3/c1-18-14-7-15-12(13(17)8-19-15)6-11(14)9-2-4-10(16)5-3-9/h2-7H,8H2,1H3. The second-order valence-corrected chi connectivity index (χ2v) is 4.27. The Kier molecular flexibility index (Phi) is 2.71. The molecule has 3 rings (SSSR count). The molecular formula is C15H11FO3. The van der Waals surface area contributed by atoms with Gasteiger partial charge in [0.1, 0.15) is 17.3 Å². The van der Waals surface area contributed by atoms with Crippen LogP contribution in [0.1, 0.15) is 10.4 Å². The summed E-state index contributed by atoms with van der Waals surface area (Å²) >= 11 is 0. The third kappa shape index (κ3) is 1.95. The number of hydrogen-bond donors (Lipinski definition) is 0. The SMILES string of the molecule is COc1cc2c(cc1-c1ccc(F)cc1)C(=O)CO2. The molecule has 3 nitrogen and oxygen atoms in total. The molecule has 0 bridgehead atoms. The van der Waals surface area contributed by atoms with Crippen LogP contribution in [0.5, 0.6) is 11.5 Å². The lowest BCUT2D eigenvalue weighted by Crippen LogP contribution is -1.99. The van der Waals surface area contributed by atoms with Gasteiger partial charge < -0.3 is 9.47 Å².